The van der Waals surface area contributed by atoms with E-state index in [0.717, 1.165) is 35.7 Å². The molecule has 3 rings (SSSR count). The molecule has 1 aliphatic rings. The molecule has 3 N–H and O–H groups in total. The number of halogens is 1. The predicted molar refractivity (Wildman–Crippen MR) is 97.6 cm³/mol. The van der Waals surface area contributed by atoms with E-state index in [2.05, 4.69) is 63.2 Å². The highest BCUT2D eigenvalue weighted by atomic mass is 79.9. The fraction of sp³-hybridized carbons (Fsp3) is 0.412. The zero-order chi connectivity index (χ0) is 16.4. The highest BCUT2D eigenvalue weighted by Gasteiger charge is 2.24. The second kappa shape index (κ2) is 6.84. The number of anilines is 2. The molecule has 0 unspecified atom stereocenters. The number of aromatic nitrogens is 2. The summed E-state index contributed by atoms with van der Waals surface area (Å²) in [5.74, 6) is 2.52. The van der Waals surface area contributed by atoms with Gasteiger partial charge >= 0.3 is 0 Å². The molecule has 1 aromatic carbocycles. The molecule has 122 valence electrons. The number of benzene rings is 1. The van der Waals surface area contributed by atoms with Crippen LogP contribution in [-0.2, 0) is 0 Å². The SMILES string of the molecule is CC(C)c1nc(N)cc(N2CCN[C@H](c3ccccc3Br)C2)n1. The van der Waals surface area contributed by atoms with Crippen LogP contribution in [0.25, 0.3) is 0 Å². The van der Waals surface area contributed by atoms with Crippen molar-refractivity contribution in [2.75, 3.05) is 30.3 Å². The Morgan fingerprint density at radius 3 is 2.83 bits per heavy atom. The lowest BCUT2D eigenvalue weighted by Gasteiger charge is -2.35. The van der Waals surface area contributed by atoms with Crippen LogP contribution in [0.4, 0.5) is 11.6 Å². The smallest absolute Gasteiger partial charge is 0.135 e. The van der Waals surface area contributed by atoms with Crippen molar-refractivity contribution in [1.82, 2.24) is 15.3 Å². The Labute approximate surface area is 145 Å². The number of nitrogens with two attached hydrogens (primary N) is 1. The summed E-state index contributed by atoms with van der Waals surface area (Å²) in [6, 6.07) is 10.5. The molecule has 0 aliphatic carbocycles. The highest BCUT2D eigenvalue weighted by molar-refractivity contribution is 9.10. The van der Waals surface area contributed by atoms with Crippen molar-refractivity contribution in [3.05, 3.63) is 46.2 Å². The van der Waals surface area contributed by atoms with Crippen molar-refractivity contribution in [3.8, 4) is 0 Å². The minimum absolute atomic E-state index is 0.262. The Morgan fingerprint density at radius 1 is 1.30 bits per heavy atom. The Balaban J connectivity index is 1.85. The molecule has 0 saturated carbocycles. The zero-order valence-electron chi connectivity index (χ0n) is 13.5. The monoisotopic (exact) mass is 375 g/mol. The molecule has 2 aromatic rings. The first kappa shape index (κ1) is 16.2. The molecule has 0 bridgehead atoms. The van der Waals surface area contributed by atoms with Crippen molar-refractivity contribution in [2.24, 2.45) is 0 Å². The molecule has 6 heteroatoms. The van der Waals surface area contributed by atoms with Crippen molar-refractivity contribution < 1.29 is 0 Å². The van der Waals surface area contributed by atoms with Gasteiger partial charge in [0, 0.05) is 36.1 Å². The first-order valence-electron chi connectivity index (χ1n) is 7.92. The molecule has 5 nitrogen and oxygen atoms in total. The standard InChI is InChI=1S/C17H22BrN5/c1-11(2)17-21-15(19)9-16(22-17)23-8-7-20-14(10-23)12-5-3-4-6-13(12)18/h3-6,9,11,14,20H,7-8,10H2,1-2H3,(H2,19,21,22)/t14-/m0/s1. The normalized spacial score (nSPS) is 18.4. The van der Waals surface area contributed by atoms with Gasteiger partial charge in [-0.2, -0.15) is 0 Å². The van der Waals surface area contributed by atoms with Gasteiger partial charge in [0.15, 0.2) is 0 Å². The summed E-state index contributed by atoms with van der Waals surface area (Å²) in [4.78, 5) is 11.3. The number of nitrogens with one attached hydrogen (secondary N) is 1. The average molecular weight is 376 g/mol. The Kier molecular flexibility index (Phi) is 4.82. The third-order valence-electron chi connectivity index (χ3n) is 4.05. The van der Waals surface area contributed by atoms with Gasteiger partial charge in [0.05, 0.1) is 6.04 Å². The van der Waals surface area contributed by atoms with Crippen LogP contribution < -0.4 is 16.0 Å². The summed E-state index contributed by atoms with van der Waals surface area (Å²) in [6.07, 6.45) is 0. The molecule has 2 heterocycles. The average Bonchev–Trinajstić information content (AvgIpc) is 2.55. The summed E-state index contributed by atoms with van der Waals surface area (Å²) in [6.45, 7) is 6.85. The fourth-order valence-electron chi connectivity index (χ4n) is 2.82. The van der Waals surface area contributed by atoms with Crippen LogP contribution in [0, 0.1) is 0 Å². The van der Waals surface area contributed by atoms with E-state index >= 15 is 0 Å². The van der Waals surface area contributed by atoms with E-state index in [1.165, 1.54) is 5.56 Å². The molecular weight excluding hydrogens is 354 g/mol. The van der Waals surface area contributed by atoms with E-state index in [9.17, 15) is 0 Å². The first-order chi connectivity index (χ1) is 11.0. The van der Waals surface area contributed by atoms with Gasteiger partial charge in [-0.05, 0) is 11.6 Å². The number of hydrogen-bond acceptors (Lipinski definition) is 5. The Morgan fingerprint density at radius 2 is 2.09 bits per heavy atom. The Hall–Kier alpha value is -1.66. The van der Waals surface area contributed by atoms with Gasteiger partial charge in [-0.15, -0.1) is 0 Å². The topological polar surface area (TPSA) is 67.1 Å². The second-order valence-corrected chi connectivity index (χ2v) is 6.99. The van der Waals surface area contributed by atoms with Crippen molar-refractivity contribution >= 4 is 27.6 Å². The Bertz CT molecular complexity index is 688. The molecule has 1 fully saturated rings. The van der Waals surface area contributed by atoms with Crippen LogP contribution in [0.5, 0.6) is 0 Å². The molecule has 23 heavy (non-hydrogen) atoms. The molecule has 0 amide bonds. The molecule has 1 aromatic heterocycles. The maximum atomic E-state index is 5.97. The van der Waals surface area contributed by atoms with Crippen molar-refractivity contribution in [3.63, 3.8) is 0 Å². The summed E-state index contributed by atoms with van der Waals surface area (Å²) < 4.78 is 1.13. The van der Waals surface area contributed by atoms with E-state index < -0.39 is 0 Å². The number of nitrogen functional groups attached to an aromatic ring is 1. The number of nitrogens with zero attached hydrogens (tertiary/aromatic N) is 3. The summed E-state index contributed by atoms with van der Waals surface area (Å²) in [5.41, 5.74) is 7.24. The lowest BCUT2D eigenvalue weighted by molar-refractivity contribution is 0.467. The maximum Gasteiger partial charge on any atom is 0.135 e. The molecule has 1 atom stereocenters. The van der Waals surface area contributed by atoms with Crippen LogP contribution in [-0.4, -0.2) is 29.6 Å². The second-order valence-electron chi connectivity index (χ2n) is 6.14. The van der Waals surface area contributed by atoms with Crippen LogP contribution >= 0.6 is 15.9 Å². The van der Waals surface area contributed by atoms with Crippen LogP contribution in [0.15, 0.2) is 34.8 Å². The van der Waals surface area contributed by atoms with E-state index in [0.29, 0.717) is 5.82 Å². The summed E-state index contributed by atoms with van der Waals surface area (Å²) in [7, 11) is 0. The minimum Gasteiger partial charge on any atom is -0.384 e. The van der Waals surface area contributed by atoms with Gasteiger partial charge in [-0.25, -0.2) is 9.97 Å². The third kappa shape index (κ3) is 3.64. The summed E-state index contributed by atoms with van der Waals surface area (Å²) in [5, 5.41) is 3.58. The van der Waals surface area contributed by atoms with Crippen molar-refractivity contribution in [2.45, 2.75) is 25.8 Å². The largest absolute Gasteiger partial charge is 0.384 e. The lowest BCUT2D eigenvalue weighted by Crippen LogP contribution is -2.46. The maximum absolute atomic E-state index is 5.97. The minimum atomic E-state index is 0.262. The van der Waals surface area contributed by atoms with E-state index in [4.69, 9.17) is 10.7 Å². The first-order valence-corrected chi connectivity index (χ1v) is 8.71. The predicted octanol–water partition coefficient (Wildman–Crippen LogP) is 3.10. The van der Waals surface area contributed by atoms with Crippen LogP contribution in [0.1, 0.15) is 37.2 Å². The summed E-state index contributed by atoms with van der Waals surface area (Å²) >= 11 is 3.65. The van der Waals surface area contributed by atoms with Gasteiger partial charge in [0.2, 0.25) is 0 Å². The zero-order valence-corrected chi connectivity index (χ0v) is 15.0. The fourth-order valence-corrected chi connectivity index (χ4v) is 3.38. The number of rotatable bonds is 3. The third-order valence-corrected chi connectivity index (χ3v) is 4.77. The molecular formula is C17H22BrN5. The van der Waals surface area contributed by atoms with Crippen LogP contribution in [0.3, 0.4) is 0 Å². The van der Waals surface area contributed by atoms with Gasteiger partial charge in [0.1, 0.15) is 17.5 Å². The van der Waals surface area contributed by atoms with Gasteiger partial charge in [-0.1, -0.05) is 48.0 Å². The van der Waals surface area contributed by atoms with Gasteiger partial charge in [0.25, 0.3) is 0 Å². The molecule has 1 saturated heterocycles. The van der Waals surface area contributed by atoms with E-state index in [-0.39, 0.29) is 12.0 Å². The van der Waals surface area contributed by atoms with E-state index in [1.807, 2.05) is 12.1 Å². The molecule has 1 aliphatic heterocycles. The quantitative estimate of drug-likeness (QED) is 0.862. The molecule has 0 spiro atoms. The van der Waals surface area contributed by atoms with Crippen LogP contribution in [0.2, 0.25) is 0 Å². The number of hydrogen-bond donors (Lipinski definition) is 2. The van der Waals surface area contributed by atoms with Crippen molar-refractivity contribution in [1.29, 1.82) is 0 Å². The van der Waals surface area contributed by atoms with E-state index in [1.54, 1.807) is 0 Å². The number of piperazine rings is 1. The lowest BCUT2D eigenvalue weighted by atomic mass is 10.0. The molecule has 0 radical (unpaired) electrons. The van der Waals surface area contributed by atoms with Gasteiger partial charge < -0.3 is 16.0 Å². The highest BCUT2D eigenvalue weighted by Crippen LogP contribution is 2.27. The van der Waals surface area contributed by atoms with Gasteiger partial charge in [-0.3, -0.25) is 0 Å².